The second-order valence-electron chi connectivity index (χ2n) is 6.53. The standard InChI is InChI=1S/C20H23N3O2/c1-24-15-6-4-5-14(12-15)22-17-10-9-13(11-16(17)21)20-23-18-7-2-3-8-19(18)25-20/h3,6,8-9,11-12,17,22H,2,4-5,7,10,21H2,1H3. The molecule has 1 aromatic rings. The molecule has 0 aromatic carbocycles. The van der Waals surface area contributed by atoms with Gasteiger partial charge >= 0.3 is 0 Å². The highest BCUT2D eigenvalue weighted by Gasteiger charge is 2.21. The maximum atomic E-state index is 6.31. The van der Waals surface area contributed by atoms with Gasteiger partial charge in [-0.25, -0.2) is 4.98 Å². The third kappa shape index (κ3) is 3.27. The highest BCUT2D eigenvalue weighted by molar-refractivity contribution is 5.72. The second-order valence-corrected chi connectivity index (χ2v) is 6.53. The van der Waals surface area contributed by atoms with Gasteiger partial charge in [0.05, 0.1) is 18.8 Å². The molecule has 0 fully saturated rings. The van der Waals surface area contributed by atoms with Crippen LogP contribution < -0.4 is 11.1 Å². The Morgan fingerprint density at radius 3 is 2.96 bits per heavy atom. The van der Waals surface area contributed by atoms with Crippen molar-refractivity contribution < 1.29 is 9.15 Å². The summed E-state index contributed by atoms with van der Waals surface area (Å²) in [4.78, 5) is 4.63. The van der Waals surface area contributed by atoms with Gasteiger partial charge in [-0.2, -0.15) is 0 Å². The predicted octanol–water partition coefficient (Wildman–Crippen LogP) is 3.43. The Kier molecular flexibility index (Phi) is 4.22. The average molecular weight is 337 g/mol. The number of hydrogen-bond donors (Lipinski definition) is 2. The van der Waals surface area contributed by atoms with Gasteiger partial charge in [0.25, 0.3) is 0 Å². The van der Waals surface area contributed by atoms with Crippen LogP contribution in [0.5, 0.6) is 0 Å². The first kappa shape index (κ1) is 15.8. The third-order valence-electron chi connectivity index (χ3n) is 4.76. The first-order valence-corrected chi connectivity index (χ1v) is 8.78. The number of fused-ring (bicyclic) bond motifs is 1. The van der Waals surface area contributed by atoms with Crippen molar-refractivity contribution in [3.8, 4) is 0 Å². The van der Waals surface area contributed by atoms with Crippen LogP contribution in [0.1, 0.15) is 43.0 Å². The zero-order chi connectivity index (χ0) is 17.2. The molecular formula is C20H23N3O2. The van der Waals surface area contributed by atoms with E-state index in [0.717, 1.165) is 66.3 Å². The van der Waals surface area contributed by atoms with Gasteiger partial charge in [0.1, 0.15) is 5.76 Å². The summed E-state index contributed by atoms with van der Waals surface area (Å²) in [6.07, 6.45) is 17.1. The molecule has 0 saturated heterocycles. The van der Waals surface area contributed by atoms with Crippen LogP contribution in [0, 0.1) is 0 Å². The van der Waals surface area contributed by atoms with Crippen molar-refractivity contribution in [2.24, 2.45) is 5.73 Å². The summed E-state index contributed by atoms with van der Waals surface area (Å²) in [7, 11) is 1.69. The molecule has 1 heterocycles. The number of allylic oxidation sites excluding steroid dienone is 6. The number of aryl methyl sites for hydroxylation is 1. The summed E-state index contributed by atoms with van der Waals surface area (Å²) < 4.78 is 11.2. The molecule has 0 amide bonds. The summed E-state index contributed by atoms with van der Waals surface area (Å²) in [5.74, 6) is 2.45. The first-order chi connectivity index (χ1) is 12.2. The maximum Gasteiger partial charge on any atom is 0.226 e. The van der Waals surface area contributed by atoms with E-state index in [1.807, 2.05) is 18.2 Å². The molecule has 0 saturated carbocycles. The molecule has 0 bridgehead atoms. The van der Waals surface area contributed by atoms with Gasteiger partial charge in [-0.05, 0) is 56.4 Å². The van der Waals surface area contributed by atoms with Gasteiger partial charge in [-0.15, -0.1) is 0 Å². The number of nitrogens with one attached hydrogen (secondary N) is 1. The van der Waals surface area contributed by atoms with Crippen LogP contribution in [0.25, 0.3) is 11.6 Å². The van der Waals surface area contributed by atoms with E-state index in [-0.39, 0.29) is 6.04 Å². The molecule has 0 radical (unpaired) electrons. The molecule has 3 aliphatic rings. The Morgan fingerprint density at radius 1 is 1.24 bits per heavy atom. The lowest BCUT2D eigenvalue weighted by Gasteiger charge is -2.25. The molecule has 5 heteroatoms. The minimum Gasteiger partial charge on any atom is -0.497 e. The zero-order valence-electron chi connectivity index (χ0n) is 14.4. The monoisotopic (exact) mass is 337 g/mol. The molecule has 0 aliphatic heterocycles. The molecule has 1 unspecified atom stereocenters. The number of methoxy groups -OCH3 is 1. The van der Waals surface area contributed by atoms with Crippen LogP contribution in [0.2, 0.25) is 0 Å². The number of hydrogen-bond acceptors (Lipinski definition) is 5. The normalized spacial score (nSPS) is 22.4. The Morgan fingerprint density at radius 2 is 2.16 bits per heavy atom. The Balaban J connectivity index is 1.48. The van der Waals surface area contributed by atoms with Crippen LogP contribution in [-0.2, 0) is 11.2 Å². The number of ether oxygens (including phenoxy) is 1. The highest BCUT2D eigenvalue weighted by atomic mass is 16.5. The minimum absolute atomic E-state index is 0.0932. The van der Waals surface area contributed by atoms with Gasteiger partial charge < -0.3 is 20.2 Å². The van der Waals surface area contributed by atoms with Crippen LogP contribution in [0.4, 0.5) is 0 Å². The summed E-state index contributed by atoms with van der Waals surface area (Å²) in [6, 6.07) is 0.0932. The SMILES string of the molecule is COC1=CCCC(NC2CC=C(c3nc4c(o3)C=CCC4)C=C2N)=C1. The Hall–Kier alpha value is -2.69. The number of rotatable bonds is 4. The van der Waals surface area contributed by atoms with Crippen LogP contribution in [0.15, 0.2) is 52.0 Å². The van der Waals surface area contributed by atoms with E-state index in [1.165, 1.54) is 0 Å². The second kappa shape index (κ2) is 6.67. The van der Waals surface area contributed by atoms with Crippen molar-refractivity contribution >= 4 is 11.6 Å². The number of nitrogens with zero attached hydrogens (tertiary/aromatic N) is 1. The van der Waals surface area contributed by atoms with Crippen molar-refractivity contribution in [3.63, 3.8) is 0 Å². The van der Waals surface area contributed by atoms with Gasteiger partial charge in [0.15, 0.2) is 5.76 Å². The zero-order valence-corrected chi connectivity index (χ0v) is 14.4. The third-order valence-corrected chi connectivity index (χ3v) is 4.76. The van der Waals surface area contributed by atoms with Crippen LogP contribution >= 0.6 is 0 Å². The summed E-state index contributed by atoms with van der Waals surface area (Å²) in [6.45, 7) is 0. The largest absolute Gasteiger partial charge is 0.497 e. The molecular weight excluding hydrogens is 314 g/mol. The molecule has 1 atom stereocenters. The minimum atomic E-state index is 0.0932. The molecule has 0 spiro atoms. The van der Waals surface area contributed by atoms with Gasteiger partial charge in [0, 0.05) is 17.0 Å². The number of oxazole rings is 1. The van der Waals surface area contributed by atoms with E-state index < -0.39 is 0 Å². The smallest absolute Gasteiger partial charge is 0.226 e. The highest BCUT2D eigenvalue weighted by Crippen LogP contribution is 2.28. The maximum absolute atomic E-state index is 6.31. The van der Waals surface area contributed by atoms with Crippen molar-refractivity contribution in [3.05, 3.63) is 64.9 Å². The molecule has 4 rings (SSSR count). The van der Waals surface area contributed by atoms with Crippen molar-refractivity contribution in [1.29, 1.82) is 0 Å². The fourth-order valence-electron chi connectivity index (χ4n) is 3.37. The number of nitrogens with two attached hydrogens (primary N) is 1. The molecule has 25 heavy (non-hydrogen) atoms. The first-order valence-electron chi connectivity index (χ1n) is 8.78. The fraction of sp³-hybridized carbons (Fsp3) is 0.350. The molecule has 130 valence electrons. The summed E-state index contributed by atoms with van der Waals surface area (Å²) >= 11 is 0. The Bertz CT molecular complexity index is 824. The summed E-state index contributed by atoms with van der Waals surface area (Å²) in [5, 5.41) is 3.53. The lowest BCUT2D eigenvalue weighted by atomic mass is 9.98. The lowest BCUT2D eigenvalue weighted by molar-refractivity contribution is 0.302. The molecule has 3 N–H and O–H groups in total. The van der Waals surface area contributed by atoms with E-state index in [1.54, 1.807) is 7.11 Å². The van der Waals surface area contributed by atoms with E-state index in [9.17, 15) is 0 Å². The average Bonchev–Trinajstić information content (AvgIpc) is 3.08. The van der Waals surface area contributed by atoms with E-state index in [0.29, 0.717) is 5.89 Å². The topological polar surface area (TPSA) is 73.3 Å². The summed E-state index contributed by atoms with van der Waals surface area (Å²) in [5.41, 5.74) is 10.3. The van der Waals surface area contributed by atoms with Gasteiger partial charge in [0.2, 0.25) is 5.89 Å². The predicted molar refractivity (Wildman–Crippen MR) is 98.1 cm³/mol. The van der Waals surface area contributed by atoms with E-state index in [4.69, 9.17) is 14.9 Å². The van der Waals surface area contributed by atoms with Crippen molar-refractivity contribution in [2.45, 2.75) is 38.1 Å². The Labute approximate surface area is 147 Å². The van der Waals surface area contributed by atoms with E-state index >= 15 is 0 Å². The van der Waals surface area contributed by atoms with Gasteiger partial charge in [-0.1, -0.05) is 12.2 Å². The van der Waals surface area contributed by atoms with Gasteiger partial charge in [-0.3, -0.25) is 0 Å². The van der Waals surface area contributed by atoms with Crippen LogP contribution in [-0.4, -0.2) is 18.1 Å². The molecule has 5 nitrogen and oxygen atoms in total. The fourth-order valence-corrected chi connectivity index (χ4v) is 3.37. The van der Waals surface area contributed by atoms with Crippen molar-refractivity contribution in [2.75, 3.05) is 7.11 Å². The van der Waals surface area contributed by atoms with E-state index in [2.05, 4.69) is 28.5 Å². The molecule has 1 aromatic heterocycles. The molecule has 3 aliphatic carbocycles. The van der Waals surface area contributed by atoms with Crippen molar-refractivity contribution in [1.82, 2.24) is 10.3 Å². The number of aromatic nitrogens is 1. The lowest BCUT2D eigenvalue weighted by Crippen LogP contribution is -2.35. The quantitative estimate of drug-likeness (QED) is 0.880. The van der Waals surface area contributed by atoms with Crippen LogP contribution in [0.3, 0.4) is 0 Å².